The van der Waals surface area contributed by atoms with Crippen molar-refractivity contribution in [3.8, 4) is 22.8 Å². The number of unbranched alkanes of at least 4 members (excludes halogenated alkanes) is 1. The fourth-order valence-electron chi connectivity index (χ4n) is 4.80. The van der Waals surface area contributed by atoms with E-state index in [0.29, 0.717) is 31.6 Å². The summed E-state index contributed by atoms with van der Waals surface area (Å²) in [5.41, 5.74) is 2.44. The number of amides is 1. The number of hydrogen-bond acceptors (Lipinski definition) is 7. The molecule has 0 saturated carbocycles. The molecule has 1 amide bonds. The van der Waals surface area contributed by atoms with Crippen molar-refractivity contribution in [2.75, 3.05) is 25.5 Å². The van der Waals surface area contributed by atoms with Crippen LogP contribution < -0.4 is 10.1 Å². The van der Waals surface area contributed by atoms with E-state index in [4.69, 9.17) is 9.84 Å². The Morgan fingerprint density at radius 3 is 2.65 bits per heavy atom. The lowest BCUT2D eigenvalue weighted by Crippen LogP contribution is -2.40. The molecule has 0 bridgehead atoms. The zero-order valence-electron chi connectivity index (χ0n) is 20.8. The highest BCUT2D eigenvalue weighted by molar-refractivity contribution is 5.99. The van der Waals surface area contributed by atoms with Crippen LogP contribution in [0.4, 0.5) is 5.82 Å². The number of ether oxygens (including phenoxy) is 1. The van der Waals surface area contributed by atoms with Crippen LogP contribution in [0.5, 0.6) is 11.5 Å². The van der Waals surface area contributed by atoms with Crippen LogP contribution in [0.1, 0.15) is 38.1 Å². The van der Waals surface area contributed by atoms with Crippen LogP contribution in [0, 0.1) is 0 Å². The largest absolute Gasteiger partial charge is 0.457 e. The number of nitrogens with zero attached hydrogens (tertiary/aromatic N) is 5. The van der Waals surface area contributed by atoms with Gasteiger partial charge in [0.1, 0.15) is 35.6 Å². The summed E-state index contributed by atoms with van der Waals surface area (Å²) in [6.45, 7) is 1.29. The van der Waals surface area contributed by atoms with E-state index in [1.54, 1.807) is 0 Å². The molecule has 5 rings (SSSR count). The average Bonchev–Trinajstić information content (AvgIpc) is 3.34. The van der Waals surface area contributed by atoms with Gasteiger partial charge in [0.15, 0.2) is 5.65 Å². The van der Waals surface area contributed by atoms with Crippen molar-refractivity contribution in [2.24, 2.45) is 0 Å². The molecule has 2 aromatic carbocycles. The number of para-hydroxylation sites is 1. The lowest BCUT2D eigenvalue weighted by molar-refractivity contribution is -0.133. The smallest absolute Gasteiger partial charge is 0.222 e. The molecule has 1 aliphatic rings. The van der Waals surface area contributed by atoms with Gasteiger partial charge < -0.3 is 19.7 Å². The van der Waals surface area contributed by atoms with E-state index in [1.807, 2.05) is 71.2 Å². The molecule has 1 fully saturated rings. The first-order valence-corrected chi connectivity index (χ1v) is 12.6. The Morgan fingerprint density at radius 1 is 1.11 bits per heavy atom. The predicted octanol–water partition coefficient (Wildman–Crippen LogP) is 4.86. The lowest BCUT2D eigenvalue weighted by atomic mass is 10.0. The second-order valence-electron chi connectivity index (χ2n) is 9.10. The number of aromatic nitrogens is 4. The Balaban J connectivity index is 1.45. The Morgan fingerprint density at radius 2 is 1.89 bits per heavy atom. The number of benzene rings is 2. The topological polar surface area (TPSA) is 102 Å². The van der Waals surface area contributed by atoms with E-state index in [0.717, 1.165) is 59.5 Å². The summed E-state index contributed by atoms with van der Waals surface area (Å²) in [7, 11) is 1.83. The van der Waals surface area contributed by atoms with Gasteiger partial charge in [0.2, 0.25) is 5.91 Å². The van der Waals surface area contributed by atoms with Crippen molar-refractivity contribution < 1.29 is 14.3 Å². The number of likely N-dealkylation sites (tertiary alicyclic amines) is 1. The highest BCUT2D eigenvalue weighted by Gasteiger charge is 2.28. The molecule has 37 heavy (non-hydrogen) atoms. The Kier molecular flexibility index (Phi) is 7.39. The lowest BCUT2D eigenvalue weighted by Gasteiger charge is -2.33. The number of fused-ring (bicyclic) bond motifs is 1. The van der Waals surface area contributed by atoms with Crippen molar-refractivity contribution in [3.05, 3.63) is 60.9 Å². The number of nitrogens with one attached hydrogen (secondary N) is 1. The number of anilines is 1. The molecule has 0 radical (unpaired) electrons. The highest BCUT2D eigenvalue weighted by atomic mass is 16.5. The Labute approximate surface area is 215 Å². The number of rotatable bonds is 9. The van der Waals surface area contributed by atoms with Gasteiger partial charge in [-0.05, 0) is 55.7 Å². The average molecular weight is 499 g/mol. The zero-order chi connectivity index (χ0) is 25.6. The SMILES string of the molecule is CNc1ncnc2c1c(-c1ccc(Oc3ccccc3)cc1)nn2C1CCCN(C(=O)CCCC=O)C1. The first kappa shape index (κ1) is 24.4. The summed E-state index contributed by atoms with van der Waals surface area (Å²) in [6.07, 6.45) is 5.57. The van der Waals surface area contributed by atoms with Crippen LogP contribution in [0.15, 0.2) is 60.9 Å². The molecular formula is C28H30N6O3. The van der Waals surface area contributed by atoms with Crippen LogP contribution in [0.2, 0.25) is 0 Å². The van der Waals surface area contributed by atoms with Crippen molar-refractivity contribution in [3.63, 3.8) is 0 Å². The second kappa shape index (κ2) is 11.2. The molecule has 4 aromatic rings. The standard InChI is InChI=1S/C28H30N6O3/c1-29-27-25-26(20-12-14-23(15-13-20)37-22-9-3-2-4-10-22)32-34(28(25)31-19-30-27)21-8-7-16-33(18-21)24(36)11-5-6-17-35/h2-4,9-10,12-15,17,19,21H,5-8,11,16,18H2,1H3,(H,29,30,31). The van der Waals surface area contributed by atoms with Gasteiger partial charge in [-0.15, -0.1) is 0 Å². The fourth-order valence-corrected chi connectivity index (χ4v) is 4.80. The van der Waals surface area contributed by atoms with E-state index < -0.39 is 0 Å². The normalized spacial score (nSPS) is 15.5. The summed E-state index contributed by atoms with van der Waals surface area (Å²) < 4.78 is 7.90. The van der Waals surface area contributed by atoms with E-state index >= 15 is 0 Å². The fraction of sp³-hybridized carbons (Fsp3) is 0.321. The summed E-state index contributed by atoms with van der Waals surface area (Å²) in [6, 6.07) is 17.5. The monoisotopic (exact) mass is 498 g/mol. The number of aldehydes is 1. The minimum Gasteiger partial charge on any atom is -0.457 e. The number of piperidine rings is 1. The van der Waals surface area contributed by atoms with Crippen molar-refractivity contribution >= 4 is 29.0 Å². The molecule has 1 unspecified atom stereocenters. The molecule has 0 spiro atoms. The van der Waals surface area contributed by atoms with E-state index in [2.05, 4.69) is 15.3 Å². The van der Waals surface area contributed by atoms with E-state index in [-0.39, 0.29) is 11.9 Å². The van der Waals surface area contributed by atoms with Gasteiger partial charge in [-0.1, -0.05) is 18.2 Å². The van der Waals surface area contributed by atoms with Crippen LogP contribution >= 0.6 is 0 Å². The van der Waals surface area contributed by atoms with Gasteiger partial charge in [-0.2, -0.15) is 5.10 Å². The van der Waals surface area contributed by atoms with Crippen molar-refractivity contribution in [1.82, 2.24) is 24.6 Å². The molecule has 0 aliphatic carbocycles. The van der Waals surface area contributed by atoms with Crippen molar-refractivity contribution in [1.29, 1.82) is 0 Å². The highest BCUT2D eigenvalue weighted by Crippen LogP contribution is 2.35. The van der Waals surface area contributed by atoms with Crippen LogP contribution in [0.3, 0.4) is 0 Å². The maximum absolute atomic E-state index is 12.7. The van der Waals surface area contributed by atoms with Crippen LogP contribution in [-0.4, -0.2) is 57.0 Å². The molecule has 190 valence electrons. The summed E-state index contributed by atoms with van der Waals surface area (Å²) in [5.74, 6) is 2.30. The maximum Gasteiger partial charge on any atom is 0.222 e. The van der Waals surface area contributed by atoms with Crippen LogP contribution in [0.25, 0.3) is 22.3 Å². The molecule has 1 N–H and O–H groups in total. The molecule has 1 atom stereocenters. The Bertz CT molecular complexity index is 1370. The van der Waals surface area contributed by atoms with Gasteiger partial charge in [-0.25, -0.2) is 14.6 Å². The molecule has 9 heteroatoms. The second-order valence-corrected chi connectivity index (χ2v) is 9.10. The molecular weight excluding hydrogens is 468 g/mol. The van der Waals surface area contributed by atoms with Gasteiger partial charge in [0, 0.05) is 38.5 Å². The third-order valence-electron chi connectivity index (χ3n) is 6.64. The number of hydrogen-bond donors (Lipinski definition) is 1. The maximum atomic E-state index is 12.7. The van der Waals surface area contributed by atoms with Gasteiger partial charge in [0.25, 0.3) is 0 Å². The molecule has 9 nitrogen and oxygen atoms in total. The van der Waals surface area contributed by atoms with Crippen molar-refractivity contribution in [2.45, 2.75) is 38.1 Å². The summed E-state index contributed by atoms with van der Waals surface area (Å²) in [4.78, 5) is 34.3. The quantitative estimate of drug-likeness (QED) is 0.260. The first-order valence-electron chi connectivity index (χ1n) is 12.6. The predicted molar refractivity (Wildman–Crippen MR) is 142 cm³/mol. The van der Waals surface area contributed by atoms with E-state index in [1.165, 1.54) is 6.33 Å². The third kappa shape index (κ3) is 5.30. The first-order chi connectivity index (χ1) is 18.2. The van der Waals surface area contributed by atoms with Gasteiger partial charge >= 0.3 is 0 Å². The molecule has 2 aromatic heterocycles. The van der Waals surface area contributed by atoms with Gasteiger partial charge in [-0.3, -0.25) is 4.79 Å². The summed E-state index contributed by atoms with van der Waals surface area (Å²) in [5, 5.41) is 9.04. The van der Waals surface area contributed by atoms with Crippen LogP contribution in [-0.2, 0) is 9.59 Å². The zero-order valence-corrected chi connectivity index (χ0v) is 20.8. The summed E-state index contributed by atoms with van der Waals surface area (Å²) >= 11 is 0. The molecule has 1 saturated heterocycles. The Hall–Kier alpha value is -4.27. The van der Waals surface area contributed by atoms with Gasteiger partial charge in [0.05, 0.1) is 11.4 Å². The van der Waals surface area contributed by atoms with E-state index in [9.17, 15) is 9.59 Å². The minimum atomic E-state index is 0.000291. The molecule has 3 heterocycles. The number of carbonyl (C=O) groups excluding carboxylic acids is 2. The minimum absolute atomic E-state index is 0.000291. The molecule has 1 aliphatic heterocycles. The number of carbonyl (C=O) groups is 2. The third-order valence-corrected chi connectivity index (χ3v) is 6.64.